The third-order valence-electron chi connectivity index (χ3n) is 2.23. The lowest BCUT2D eigenvalue weighted by atomic mass is 10.4. The number of quaternary nitrogens is 1. The summed E-state index contributed by atoms with van der Waals surface area (Å²) in [6.07, 6.45) is 0. The zero-order valence-electron chi connectivity index (χ0n) is 10.5. The van der Waals surface area contributed by atoms with Gasteiger partial charge < -0.3 is 9.22 Å². The Morgan fingerprint density at radius 3 is 2.29 bits per heavy atom. The Morgan fingerprint density at radius 1 is 1.35 bits per heavy atom. The normalized spacial score (nSPS) is 12.2. The molecule has 0 unspecified atom stereocenters. The van der Waals surface area contributed by atoms with Crippen LogP contribution < -0.4 is 0 Å². The maximum absolute atomic E-state index is 11.1. The molecule has 0 rings (SSSR count). The summed E-state index contributed by atoms with van der Waals surface area (Å²) in [7, 11) is -0.367. The summed E-state index contributed by atoms with van der Waals surface area (Å²) in [6.45, 7) is 5.91. The van der Waals surface area contributed by atoms with Crippen LogP contribution in [0.3, 0.4) is 0 Å². The van der Waals surface area contributed by atoms with Crippen molar-refractivity contribution in [1.82, 2.24) is 0 Å². The second-order valence-corrected chi connectivity index (χ2v) is 6.16. The first kappa shape index (κ1) is 16.1. The second-order valence-electron chi connectivity index (χ2n) is 4.59. The fourth-order valence-electron chi connectivity index (χ4n) is 0.983. The van der Waals surface area contributed by atoms with Gasteiger partial charge in [0.25, 0.3) is 10.1 Å². The largest absolute Gasteiger partial charge is 0.456 e. The topological polar surface area (TPSA) is 80.7 Å². The lowest BCUT2D eigenvalue weighted by molar-refractivity contribution is -0.888. The number of carbonyl (C=O) groups excluding carboxylic acids is 1. The van der Waals surface area contributed by atoms with Gasteiger partial charge in [0.2, 0.25) is 0 Å². The molecule has 0 aromatic heterocycles. The van der Waals surface area contributed by atoms with Crippen molar-refractivity contribution in [1.29, 1.82) is 0 Å². The van der Waals surface area contributed by atoms with Crippen molar-refractivity contribution >= 4 is 16.1 Å². The summed E-state index contributed by atoms with van der Waals surface area (Å²) in [5, 5.41) is 0. The van der Waals surface area contributed by atoms with Crippen molar-refractivity contribution in [3.05, 3.63) is 12.2 Å². The minimum absolute atomic E-state index is 0.185. The molecular weight excluding hydrogens is 246 g/mol. The number of likely N-dealkylation sites (N-methyl/N-ethyl adjacent to an activating group) is 1. The standard InChI is InChI=1S/C10H19NO5S/c1-9(2)10(12)16-7-5-11(3,4)6-8-17(13,14)15/h1,5-8H2,2-4H3/p+1. The molecule has 6 nitrogen and oxygen atoms in total. The van der Waals surface area contributed by atoms with Crippen LogP contribution in [0.15, 0.2) is 12.2 Å². The van der Waals surface area contributed by atoms with E-state index < -0.39 is 16.1 Å². The molecule has 7 heteroatoms. The fourth-order valence-corrected chi connectivity index (χ4v) is 1.71. The van der Waals surface area contributed by atoms with Gasteiger partial charge in [-0.3, -0.25) is 4.55 Å². The number of hydrogen-bond acceptors (Lipinski definition) is 4. The van der Waals surface area contributed by atoms with Crippen molar-refractivity contribution in [2.45, 2.75) is 6.92 Å². The Labute approximate surface area is 102 Å². The highest BCUT2D eigenvalue weighted by Crippen LogP contribution is 2.00. The number of carbonyl (C=O) groups is 1. The van der Waals surface area contributed by atoms with E-state index >= 15 is 0 Å². The van der Waals surface area contributed by atoms with Crippen molar-refractivity contribution in [3.63, 3.8) is 0 Å². The summed E-state index contributed by atoms with van der Waals surface area (Å²) >= 11 is 0. The fraction of sp³-hybridized carbons (Fsp3) is 0.700. The summed E-state index contributed by atoms with van der Waals surface area (Å²) < 4.78 is 35.1. The Hall–Kier alpha value is -0.920. The smallest absolute Gasteiger partial charge is 0.333 e. The minimum Gasteiger partial charge on any atom is -0.456 e. The highest BCUT2D eigenvalue weighted by atomic mass is 32.2. The predicted molar refractivity (Wildman–Crippen MR) is 64.0 cm³/mol. The molecule has 0 aromatic carbocycles. The van der Waals surface area contributed by atoms with E-state index in [0.717, 1.165) is 0 Å². The van der Waals surface area contributed by atoms with Gasteiger partial charge in [-0.25, -0.2) is 4.79 Å². The van der Waals surface area contributed by atoms with Crippen LogP contribution in [-0.2, 0) is 19.6 Å². The SMILES string of the molecule is C=C(C)C(=O)OCC[N+](C)(C)CCS(=O)(=O)O. The van der Waals surface area contributed by atoms with Crippen LogP contribution in [0.25, 0.3) is 0 Å². The molecule has 0 spiro atoms. The highest BCUT2D eigenvalue weighted by molar-refractivity contribution is 7.85. The molecule has 0 saturated carbocycles. The van der Waals surface area contributed by atoms with Gasteiger partial charge in [-0.2, -0.15) is 8.42 Å². The zero-order valence-corrected chi connectivity index (χ0v) is 11.3. The molecular formula is C10H20NO5S+. The Balaban J connectivity index is 4.02. The van der Waals surface area contributed by atoms with Crippen LogP contribution in [0.4, 0.5) is 0 Å². The molecule has 0 aliphatic rings. The lowest BCUT2D eigenvalue weighted by Crippen LogP contribution is -2.45. The Kier molecular flexibility index (Phi) is 5.80. The molecule has 0 amide bonds. The van der Waals surface area contributed by atoms with E-state index in [1.54, 1.807) is 21.0 Å². The average molecular weight is 266 g/mol. The monoisotopic (exact) mass is 266 g/mol. The summed E-state index contributed by atoms with van der Waals surface area (Å²) in [5.74, 6) is -0.770. The third-order valence-corrected chi connectivity index (χ3v) is 2.93. The molecule has 0 aliphatic carbocycles. The van der Waals surface area contributed by atoms with Gasteiger partial charge in [-0.1, -0.05) is 6.58 Å². The van der Waals surface area contributed by atoms with E-state index in [0.29, 0.717) is 16.6 Å². The molecule has 17 heavy (non-hydrogen) atoms. The molecule has 0 bridgehead atoms. The number of ether oxygens (including phenoxy) is 1. The van der Waals surface area contributed by atoms with Gasteiger partial charge in [0.05, 0.1) is 20.6 Å². The van der Waals surface area contributed by atoms with E-state index in [9.17, 15) is 13.2 Å². The summed E-state index contributed by atoms with van der Waals surface area (Å²) in [4.78, 5) is 11.1. The zero-order chi connectivity index (χ0) is 13.7. The highest BCUT2D eigenvalue weighted by Gasteiger charge is 2.19. The average Bonchev–Trinajstić information content (AvgIpc) is 2.13. The first-order chi connectivity index (χ1) is 7.53. The number of esters is 1. The molecule has 0 aromatic rings. The number of nitrogens with zero attached hydrogens (tertiary/aromatic N) is 1. The van der Waals surface area contributed by atoms with E-state index in [1.807, 2.05) is 0 Å². The van der Waals surface area contributed by atoms with E-state index in [1.165, 1.54) is 0 Å². The third kappa shape index (κ3) is 8.84. The maximum atomic E-state index is 11.1. The van der Waals surface area contributed by atoms with Crippen LogP contribution in [0.1, 0.15) is 6.92 Å². The van der Waals surface area contributed by atoms with Crippen LogP contribution in [-0.4, -0.2) is 63.0 Å². The molecule has 0 heterocycles. The van der Waals surface area contributed by atoms with E-state index in [2.05, 4.69) is 6.58 Å². The quantitative estimate of drug-likeness (QED) is 0.305. The lowest BCUT2D eigenvalue weighted by Gasteiger charge is -2.28. The van der Waals surface area contributed by atoms with Gasteiger partial charge in [0, 0.05) is 5.57 Å². The van der Waals surface area contributed by atoms with Crippen LogP contribution in [0.5, 0.6) is 0 Å². The van der Waals surface area contributed by atoms with Crippen molar-refractivity contribution < 1.29 is 27.0 Å². The van der Waals surface area contributed by atoms with Crippen molar-refractivity contribution in [2.75, 3.05) is 39.5 Å². The molecule has 0 aliphatic heterocycles. The van der Waals surface area contributed by atoms with Gasteiger partial charge in [0.1, 0.15) is 18.9 Å². The molecule has 0 radical (unpaired) electrons. The summed E-state index contributed by atoms with van der Waals surface area (Å²) in [6, 6.07) is 0. The van der Waals surface area contributed by atoms with Gasteiger partial charge in [0.15, 0.2) is 0 Å². The number of rotatable bonds is 7. The summed E-state index contributed by atoms with van der Waals surface area (Å²) in [5.41, 5.74) is 0.327. The van der Waals surface area contributed by atoms with E-state index in [4.69, 9.17) is 9.29 Å². The Morgan fingerprint density at radius 2 is 1.88 bits per heavy atom. The molecule has 1 N–H and O–H groups in total. The van der Waals surface area contributed by atoms with Gasteiger partial charge in [-0.15, -0.1) is 0 Å². The predicted octanol–water partition coefficient (Wildman–Crippen LogP) is 0.0699. The molecule has 0 saturated heterocycles. The van der Waals surface area contributed by atoms with Crippen molar-refractivity contribution in [3.8, 4) is 0 Å². The molecule has 100 valence electrons. The first-order valence-electron chi connectivity index (χ1n) is 5.13. The Bertz CT molecular complexity index is 386. The molecule has 0 fully saturated rings. The van der Waals surface area contributed by atoms with Crippen LogP contribution in [0.2, 0.25) is 0 Å². The van der Waals surface area contributed by atoms with E-state index in [-0.39, 0.29) is 18.9 Å². The van der Waals surface area contributed by atoms with Gasteiger partial charge >= 0.3 is 5.97 Å². The second kappa shape index (κ2) is 6.13. The molecule has 0 atom stereocenters. The first-order valence-corrected chi connectivity index (χ1v) is 6.74. The van der Waals surface area contributed by atoms with Gasteiger partial charge in [-0.05, 0) is 6.92 Å². The van der Waals surface area contributed by atoms with Crippen LogP contribution >= 0.6 is 0 Å². The minimum atomic E-state index is -3.95. The maximum Gasteiger partial charge on any atom is 0.333 e. The van der Waals surface area contributed by atoms with Crippen LogP contribution in [0, 0.1) is 0 Å². The van der Waals surface area contributed by atoms with Crippen molar-refractivity contribution in [2.24, 2.45) is 0 Å². The number of hydrogen-bond donors (Lipinski definition) is 1.